The molecule has 1 saturated heterocycles. The first-order valence-corrected chi connectivity index (χ1v) is 12.6. The highest BCUT2D eigenvalue weighted by Crippen LogP contribution is 2.49. The zero-order valence-electron chi connectivity index (χ0n) is 20.8. The third-order valence-electron chi connectivity index (χ3n) is 8.16. The van der Waals surface area contributed by atoms with E-state index in [9.17, 15) is 32.3 Å². The quantitative estimate of drug-likeness (QED) is 0.502. The number of hydrogen-bond acceptors (Lipinski definition) is 6. The van der Waals surface area contributed by atoms with Crippen LogP contribution in [0.25, 0.3) is 11.3 Å². The molecule has 1 atom stereocenters. The summed E-state index contributed by atoms with van der Waals surface area (Å²) in [4.78, 5) is 31.7. The molecule has 0 aromatic carbocycles. The van der Waals surface area contributed by atoms with E-state index in [1.54, 1.807) is 4.90 Å². The lowest BCUT2D eigenvalue weighted by molar-refractivity contribution is -0.271. The number of pyridine rings is 1. The van der Waals surface area contributed by atoms with Crippen molar-refractivity contribution < 1.29 is 37.0 Å². The number of nitrogens with one attached hydrogen (secondary N) is 2. The summed E-state index contributed by atoms with van der Waals surface area (Å²) in [7, 11) is 1.41. The van der Waals surface area contributed by atoms with Crippen molar-refractivity contribution in [2.24, 2.45) is 5.92 Å². The summed E-state index contributed by atoms with van der Waals surface area (Å²) in [6, 6.07) is 2.68. The number of nitrogens with zero attached hydrogens (tertiary/aromatic N) is 3. The number of aromatic nitrogens is 3. The first-order chi connectivity index (χ1) is 17.9. The van der Waals surface area contributed by atoms with Crippen LogP contribution in [0, 0.1) is 11.7 Å². The Morgan fingerprint density at radius 2 is 1.89 bits per heavy atom. The Labute approximate surface area is 215 Å². The van der Waals surface area contributed by atoms with Crippen LogP contribution in [0.3, 0.4) is 0 Å². The smallest absolute Gasteiger partial charge is 0.417 e. The molecule has 38 heavy (non-hydrogen) atoms. The van der Waals surface area contributed by atoms with E-state index >= 15 is 0 Å². The predicted octanol–water partition coefficient (Wildman–Crippen LogP) is 3.36. The Morgan fingerprint density at radius 3 is 2.53 bits per heavy atom. The van der Waals surface area contributed by atoms with E-state index < -0.39 is 41.9 Å². The van der Waals surface area contributed by atoms with Gasteiger partial charge in [-0.3, -0.25) is 14.7 Å². The van der Waals surface area contributed by atoms with Gasteiger partial charge in [-0.25, -0.2) is 9.37 Å². The summed E-state index contributed by atoms with van der Waals surface area (Å²) >= 11 is 0. The van der Waals surface area contributed by atoms with Gasteiger partial charge >= 0.3 is 6.18 Å². The summed E-state index contributed by atoms with van der Waals surface area (Å²) in [5.74, 6) is -1.56. The maximum Gasteiger partial charge on any atom is 0.417 e. The number of halogens is 4. The van der Waals surface area contributed by atoms with Gasteiger partial charge in [-0.2, -0.15) is 18.3 Å². The maximum atomic E-state index is 14.3. The van der Waals surface area contributed by atoms with E-state index in [1.165, 1.54) is 19.2 Å². The Balaban J connectivity index is 1.20. The Hall–Kier alpha value is -3.22. The summed E-state index contributed by atoms with van der Waals surface area (Å²) < 4.78 is 58.5. The number of methoxy groups -OCH3 is 1. The molecule has 13 heteroatoms. The van der Waals surface area contributed by atoms with Crippen LogP contribution in [0.15, 0.2) is 18.3 Å². The van der Waals surface area contributed by atoms with Crippen LogP contribution in [0.1, 0.15) is 61.9 Å². The monoisotopic (exact) mass is 539 g/mol. The standard InChI is InChI=1S/C25H29F4N5O4/c1-38-20-10-16(17(26)13-30-20)18-11-19(33-32-18)22(36)34-9-4-15(12-23(34)7-8-23)31-21(35)14-2-5-24(37,6-3-14)25(27,28)29/h10-11,13-15,37H,2-9,12H2,1H3,(H,31,35)(H,32,33)/t14-,15-,24+/m1/s1. The predicted molar refractivity (Wildman–Crippen MR) is 125 cm³/mol. The van der Waals surface area contributed by atoms with Crippen molar-refractivity contribution in [2.75, 3.05) is 13.7 Å². The zero-order chi connectivity index (χ0) is 27.3. The van der Waals surface area contributed by atoms with Crippen molar-refractivity contribution >= 4 is 11.8 Å². The van der Waals surface area contributed by atoms with Crippen LogP contribution in [-0.4, -0.2) is 74.0 Å². The molecule has 1 spiro atoms. The van der Waals surface area contributed by atoms with E-state index in [2.05, 4.69) is 20.5 Å². The number of likely N-dealkylation sites (tertiary alicyclic amines) is 1. The molecule has 2 aliphatic carbocycles. The number of carbonyl (C=O) groups is 2. The highest BCUT2D eigenvalue weighted by Gasteiger charge is 2.56. The number of piperidine rings is 1. The SMILES string of the molecule is COc1cc(-c2cc(C(=O)N3CC[C@@H](NC(=O)[C@H]4CC[C@](O)(C(F)(F)F)CC4)CC34CC4)n[nH]2)c(F)cn1. The van der Waals surface area contributed by atoms with Gasteiger partial charge in [-0.1, -0.05) is 0 Å². The van der Waals surface area contributed by atoms with Crippen LogP contribution in [0.5, 0.6) is 5.88 Å². The minimum absolute atomic E-state index is 0.0320. The number of rotatable bonds is 5. The van der Waals surface area contributed by atoms with Gasteiger partial charge in [0.15, 0.2) is 17.1 Å². The zero-order valence-corrected chi connectivity index (χ0v) is 20.8. The molecule has 3 N–H and O–H groups in total. The molecule has 3 fully saturated rings. The number of hydrogen-bond donors (Lipinski definition) is 3. The summed E-state index contributed by atoms with van der Waals surface area (Å²) in [5, 5.41) is 19.6. The van der Waals surface area contributed by atoms with E-state index in [-0.39, 0.29) is 47.8 Å². The number of carbonyl (C=O) groups excluding carboxylic acids is 2. The van der Waals surface area contributed by atoms with Crippen LogP contribution < -0.4 is 10.1 Å². The van der Waals surface area contributed by atoms with Crippen molar-refractivity contribution in [3.8, 4) is 17.1 Å². The Morgan fingerprint density at radius 1 is 1.18 bits per heavy atom. The number of aromatic amines is 1. The second-order valence-corrected chi connectivity index (χ2v) is 10.6. The van der Waals surface area contributed by atoms with Crippen LogP contribution in [0.4, 0.5) is 17.6 Å². The molecule has 3 heterocycles. The van der Waals surface area contributed by atoms with Gasteiger partial charge in [0.25, 0.3) is 5.91 Å². The second-order valence-electron chi connectivity index (χ2n) is 10.6. The largest absolute Gasteiger partial charge is 0.481 e. The highest BCUT2D eigenvalue weighted by molar-refractivity contribution is 5.94. The number of aliphatic hydroxyl groups is 1. The number of H-pyrrole nitrogens is 1. The highest BCUT2D eigenvalue weighted by atomic mass is 19.4. The van der Waals surface area contributed by atoms with Crippen molar-refractivity contribution in [2.45, 2.75) is 74.7 Å². The molecule has 2 amide bonds. The van der Waals surface area contributed by atoms with E-state index in [4.69, 9.17) is 4.74 Å². The lowest BCUT2D eigenvalue weighted by atomic mass is 9.78. The molecule has 0 bridgehead atoms. The fraction of sp³-hybridized carbons (Fsp3) is 0.600. The second kappa shape index (κ2) is 9.51. The maximum absolute atomic E-state index is 14.3. The molecular formula is C25H29F4N5O4. The van der Waals surface area contributed by atoms with Gasteiger partial charge in [0.2, 0.25) is 11.8 Å². The van der Waals surface area contributed by atoms with Gasteiger partial charge in [0.05, 0.1) is 19.0 Å². The van der Waals surface area contributed by atoms with Crippen molar-refractivity contribution in [3.63, 3.8) is 0 Å². The molecule has 2 saturated carbocycles. The lowest BCUT2D eigenvalue weighted by Gasteiger charge is -2.41. The van der Waals surface area contributed by atoms with Crippen molar-refractivity contribution in [3.05, 3.63) is 29.8 Å². The van der Waals surface area contributed by atoms with Crippen LogP contribution in [0.2, 0.25) is 0 Å². The van der Waals surface area contributed by atoms with Crippen molar-refractivity contribution in [1.82, 2.24) is 25.4 Å². The number of amides is 2. The van der Waals surface area contributed by atoms with E-state index in [0.29, 0.717) is 25.1 Å². The van der Waals surface area contributed by atoms with Gasteiger partial charge < -0.3 is 20.1 Å². The third-order valence-corrected chi connectivity index (χ3v) is 8.16. The summed E-state index contributed by atoms with van der Waals surface area (Å²) in [5.41, 5.74) is -2.52. The minimum atomic E-state index is -4.71. The molecule has 2 aromatic rings. The fourth-order valence-corrected chi connectivity index (χ4v) is 5.66. The molecule has 3 aliphatic rings. The number of alkyl halides is 3. The first kappa shape index (κ1) is 26.4. The average Bonchev–Trinajstić information content (AvgIpc) is 3.45. The fourth-order valence-electron chi connectivity index (χ4n) is 5.66. The molecule has 0 unspecified atom stereocenters. The van der Waals surface area contributed by atoms with Crippen molar-refractivity contribution in [1.29, 1.82) is 0 Å². The van der Waals surface area contributed by atoms with E-state index in [0.717, 1.165) is 19.0 Å². The average molecular weight is 540 g/mol. The van der Waals surface area contributed by atoms with Gasteiger partial charge in [-0.05, 0) is 57.4 Å². The Bertz CT molecular complexity index is 1220. The number of ether oxygens (including phenoxy) is 1. The van der Waals surface area contributed by atoms with Crippen LogP contribution >= 0.6 is 0 Å². The molecule has 9 nitrogen and oxygen atoms in total. The Kier molecular flexibility index (Phi) is 6.60. The van der Waals surface area contributed by atoms with Gasteiger partial charge in [0.1, 0.15) is 0 Å². The van der Waals surface area contributed by atoms with Gasteiger partial charge in [0, 0.05) is 35.7 Å². The van der Waals surface area contributed by atoms with Gasteiger partial charge in [-0.15, -0.1) is 0 Å². The normalized spacial score (nSPS) is 26.7. The minimum Gasteiger partial charge on any atom is -0.481 e. The molecule has 2 aromatic heterocycles. The molecule has 5 rings (SSSR count). The summed E-state index contributed by atoms with van der Waals surface area (Å²) in [6.07, 6.45) is -2.17. The third kappa shape index (κ3) is 4.83. The molecular weight excluding hydrogens is 510 g/mol. The lowest BCUT2D eigenvalue weighted by Crippen LogP contribution is -2.55. The molecule has 0 radical (unpaired) electrons. The topological polar surface area (TPSA) is 120 Å². The van der Waals surface area contributed by atoms with Crippen LogP contribution in [-0.2, 0) is 4.79 Å². The summed E-state index contributed by atoms with van der Waals surface area (Å²) in [6.45, 7) is 0.377. The molecule has 1 aliphatic heterocycles. The first-order valence-electron chi connectivity index (χ1n) is 12.6. The molecule has 206 valence electrons. The van der Waals surface area contributed by atoms with E-state index in [1.807, 2.05) is 0 Å².